The Bertz CT molecular complexity index is 1170. The highest BCUT2D eigenvalue weighted by atomic mass is 35.5. The van der Waals surface area contributed by atoms with Gasteiger partial charge < -0.3 is 5.73 Å². The summed E-state index contributed by atoms with van der Waals surface area (Å²) in [4.78, 5) is 25.5. The number of hydrogen-bond donors (Lipinski definition) is 1. The van der Waals surface area contributed by atoms with E-state index in [1.807, 2.05) is 6.07 Å². The number of benzene rings is 1. The first-order chi connectivity index (χ1) is 12.0. The van der Waals surface area contributed by atoms with Crippen molar-refractivity contribution < 1.29 is 0 Å². The Kier molecular flexibility index (Phi) is 3.74. The zero-order valence-corrected chi connectivity index (χ0v) is 14.7. The van der Waals surface area contributed by atoms with Gasteiger partial charge in [0.15, 0.2) is 5.82 Å². The van der Waals surface area contributed by atoms with Crippen LogP contribution in [0.4, 0.5) is 5.82 Å². The number of aryl methyl sites for hydroxylation is 1. The van der Waals surface area contributed by atoms with E-state index in [4.69, 9.17) is 17.3 Å². The van der Waals surface area contributed by atoms with Crippen molar-refractivity contribution in [3.63, 3.8) is 0 Å². The van der Waals surface area contributed by atoms with Gasteiger partial charge in [-0.1, -0.05) is 17.7 Å². The summed E-state index contributed by atoms with van der Waals surface area (Å²) < 4.78 is 2.32. The van der Waals surface area contributed by atoms with Crippen LogP contribution in [0.5, 0.6) is 0 Å². The van der Waals surface area contributed by atoms with Crippen molar-refractivity contribution in [2.45, 2.75) is 6.92 Å². The van der Waals surface area contributed by atoms with E-state index in [0.717, 1.165) is 15.8 Å². The van der Waals surface area contributed by atoms with Crippen LogP contribution in [0.1, 0.15) is 5.69 Å². The monoisotopic (exact) mass is 369 g/mol. The molecule has 25 heavy (non-hydrogen) atoms. The van der Waals surface area contributed by atoms with Crippen LogP contribution in [-0.2, 0) is 0 Å². The van der Waals surface area contributed by atoms with E-state index in [0.29, 0.717) is 22.2 Å². The normalized spacial score (nSPS) is 11.1. The minimum absolute atomic E-state index is 0.220. The van der Waals surface area contributed by atoms with Crippen LogP contribution in [0.25, 0.3) is 27.3 Å². The molecule has 0 aliphatic rings. The first-order valence-electron chi connectivity index (χ1n) is 7.40. The zero-order valence-electron chi connectivity index (χ0n) is 13.1. The summed E-state index contributed by atoms with van der Waals surface area (Å²) >= 11 is 7.86. The number of nitrogens with zero attached hydrogens (tertiary/aromatic N) is 4. The average molecular weight is 370 g/mol. The van der Waals surface area contributed by atoms with Gasteiger partial charge in [-0.05, 0) is 25.1 Å². The zero-order chi connectivity index (χ0) is 17.6. The van der Waals surface area contributed by atoms with Crippen molar-refractivity contribution in [2.75, 3.05) is 5.73 Å². The largest absolute Gasteiger partial charge is 0.382 e. The van der Waals surface area contributed by atoms with Crippen molar-refractivity contribution in [1.29, 1.82) is 0 Å². The fraction of sp³-hybridized carbons (Fsp3) is 0.0588. The minimum Gasteiger partial charge on any atom is -0.382 e. The maximum absolute atomic E-state index is 12.3. The second-order valence-electron chi connectivity index (χ2n) is 5.43. The van der Waals surface area contributed by atoms with Crippen LogP contribution < -0.4 is 11.3 Å². The molecule has 4 rings (SSSR count). The van der Waals surface area contributed by atoms with Crippen LogP contribution in [0.15, 0.2) is 46.8 Å². The Morgan fingerprint density at radius 3 is 2.88 bits per heavy atom. The van der Waals surface area contributed by atoms with E-state index in [-0.39, 0.29) is 11.4 Å². The molecule has 0 radical (unpaired) electrons. The molecule has 2 N–H and O–H groups in total. The maximum Gasteiger partial charge on any atom is 0.256 e. The van der Waals surface area contributed by atoms with E-state index < -0.39 is 0 Å². The van der Waals surface area contributed by atoms with E-state index >= 15 is 0 Å². The number of thiazole rings is 1. The molecule has 0 saturated carbocycles. The van der Waals surface area contributed by atoms with Gasteiger partial charge in [-0.3, -0.25) is 9.36 Å². The van der Waals surface area contributed by atoms with Crippen molar-refractivity contribution in [1.82, 2.24) is 19.5 Å². The molecule has 3 heterocycles. The Labute approximate surface area is 151 Å². The van der Waals surface area contributed by atoms with E-state index in [9.17, 15) is 4.79 Å². The maximum atomic E-state index is 12.3. The number of hydrogen-bond acceptors (Lipinski definition) is 6. The quantitative estimate of drug-likeness (QED) is 0.584. The second kappa shape index (κ2) is 5.94. The molecule has 0 saturated heterocycles. The van der Waals surface area contributed by atoms with Crippen LogP contribution in [0.3, 0.4) is 0 Å². The summed E-state index contributed by atoms with van der Waals surface area (Å²) in [6.45, 7) is 1.77. The number of nitrogen functional groups attached to an aromatic ring is 1. The van der Waals surface area contributed by atoms with Gasteiger partial charge in [0.25, 0.3) is 5.56 Å². The summed E-state index contributed by atoms with van der Waals surface area (Å²) in [5.41, 5.74) is 10.1. The molecule has 4 aromatic rings. The van der Waals surface area contributed by atoms with Gasteiger partial charge in [-0.25, -0.2) is 15.0 Å². The molecule has 8 heteroatoms. The molecule has 0 unspecified atom stereocenters. The Morgan fingerprint density at radius 2 is 2.08 bits per heavy atom. The Hall–Kier alpha value is -2.77. The van der Waals surface area contributed by atoms with Crippen molar-refractivity contribution >= 4 is 39.0 Å². The molecule has 124 valence electrons. The SMILES string of the molecule is Cc1nc(-c2cc(Cl)c3scnc3c2)c(-n2ccccc2=O)nc1N. The van der Waals surface area contributed by atoms with Gasteiger partial charge in [-0.15, -0.1) is 11.3 Å². The van der Waals surface area contributed by atoms with E-state index in [2.05, 4.69) is 15.0 Å². The smallest absolute Gasteiger partial charge is 0.256 e. The summed E-state index contributed by atoms with van der Waals surface area (Å²) in [7, 11) is 0. The number of rotatable bonds is 2. The third-order valence-electron chi connectivity index (χ3n) is 3.80. The third kappa shape index (κ3) is 2.67. The van der Waals surface area contributed by atoms with Crippen molar-refractivity contribution in [3.8, 4) is 17.1 Å². The van der Waals surface area contributed by atoms with Crippen molar-refractivity contribution in [2.24, 2.45) is 0 Å². The molecule has 0 aliphatic heterocycles. The molecular formula is C17H12ClN5OS. The highest BCUT2D eigenvalue weighted by molar-refractivity contribution is 7.17. The number of anilines is 1. The molecule has 6 nitrogen and oxygen atoms in total. The molecule has 3 aromatic heterocycles. The molecular weight excluding hydrogens is 358 g/mol. The lowest BCUT2D eigenvalue weighted by Gasteiger charge is -2.13. The van der Waals surface area contributed by atoms with E-state index in [1.54, 1.807) is 36.8 Å². The number of halogens is 1. The molecule has 0 aliphatic carbocycles. The lowest BCUT2D eigenvalue weighted by Crippen LogP contribution is -2.19. The molecule has 1 aromatic carbocycles. The molecule has 0 amide bonds. The third-order valence-corrected chi connectivity index (χ3v) is 5.08. The topological polar surface area (TPSA) is 86.7 Å². The molecule has 0 fully saturated rings. The predicted octanol–water partition coefficient (Wildman–Crippen LogP) is 3.45. The van der Waals surface area contributed by atoms with Gasteiger partial charge in [0.1, 0.15) is 11.5 Å². The van der Waals surface area contributed by atoms with Crippen LogP contribution in [0.2, 0.25) is 5.02 Å². The standard InChI is InChI=1S/C17H12ClN5OS/c1-9-16(19)22-17(23-5-3-2-4-13(23)24)14(21-9)10-6-11(18)15-12(7-10)20-8-25-15/h2-8H,1H3,(H2,19,22). The van der Waals surface area contributed by atoms with Crippen LogP contribution >= 0.6 is 22.9 Å². The predicted molar refractivity (Wildman–Crippen MR) is 100 cm³/mol. The minimum atomic E-state index is -0.220. The Balaban J connectivity index is 2.05. The fourth-order valence-electron chi connectivity index (χ4n) is 2.55. The van der Waals surface area contributed by atoms with Gasteiger partial charge in [0.05, 0.1) is 26.4 Å². The van der Waals surface area contributed by atoms with Gasteiger partial charge >= 0.3 is 0 Å². The first kappa shape index (κ1) is 15.7. The lowest BCUT2D eigenvalue weighted by molar-refractivity contribution is 0.925. The summed E-state index contributed by atoms with van der Waals surface area (Å²) in [5, 5.41) is 0.581. The summed E-state index contributed by atoms with van der Waals surface area (Å²) in [6, 6.07) is 8.56. The van der Waals surface area contributed by atoms with E-state index in [1.165, 1.54) is 22.0 Å². The number of pyridine rings is 1. The first-order valence-corrected chi connectivity index (χ1v) is 8.65. The molecule has 0 bridgehead atoms. The van der Waals surface area contributed by atoms with Crippen LogP contribution in [0, 0.1) is 6.92 Å². The number of fused-ring (bicyclic) bond motifs is 1. The van der Waals surface area contributed by atoms with Gasteiger partial charge in [0, 0.05) is 17.8 Å². The highest BCUT2D eigenvalue weighted by Crippen LogP contribution is 2.34. The average Bonchev–Trinajstić information content (AvgIpc) is 3.07. The number of nitrogens with two attached hydrogens (primary N) is 1. The Morgan fingerprint density at radius 1 is 1.24 bits per heavy atom. The lowest BCUT2D eigenvalue weighted by atomic mass is 10.1. The van der Waals surface area contributed by atoms with Crippen molar-refractivity contribution in [3.05, 3.63) is 63.1 Å². The van der Waals surface area contributed by atoms with Gasteiger partial charge in [-0.2, -0.15) is 0 Å². The fourth-order valence-corrected chi connectivity index (χ4v) is 3.57. The highest BCUT2D eigenvalue weighted by Gasteiger charge is 2.16. The summed E-state index contributed by atoms with van der Waals surface area (Å²) in [5.74, 6) is 0.634. The van der Waals surface area contributed by atoms with Gasteiger partial charge in [0.2, 0.25) is 0 Å². The van der Waals surface area contributed by atoms with Crippen LogP contribution in [-0.4, -0.2) is 19.5 Å². The summed E-state index contributed by atoms with van der Waals surface area (Å²) in [6.07, 6.45) is 1.63. The molecule has 0 spiro atoms. The molecule has 0 atom stereocenters. The second-order valence-corrected chi connectivity index (χ2v) is 6.70. The number of aromatic nitrogens is 4.